The van der Waals surface area contributed by atoms with Gasteiger partial charge in [0.15, 0.2) is 0 Å². The molecular formula is C17H27N5. The van der Waals surface area contributed by atoms with Crippen LogP contribution in [-0.4, -0.2) is 29.6 Å². The number of fused-ring (bicyclic) bond motifs is 2. The van der Waals surface area contributed by atoms with Crippen LogP contribution in [0.4, 0.5) is 11.8 Å². The summed E-state index contributed by atoms with van der Waals surface area (Å²) in [6.07, 6.45) is 10.0. The summed E-state index contributed by atoms with van der Waals surface area (Å²) < 4.78 is 0. The highest BCUT2D eigenvalue weighted by atomic mass is 15.2. The summed E-state index contributed by atoms with van der Waals surface area (Å²) >= 11 is 0. The highest BCUT2D eigenvalue weighted by Crippen LogP contribution is 2.49. The van der Waals surface area contributed by atoms with Gasteiger partial charge in [0.25, 0.3) is 0 Å². The first-order valence-electron chi connectivity index (χ1n) is 8.84. The summed E-state index contributed by atoms with van der Waals surface area (Å²) in [6.45, 7) is 2.84. The van der Waals surface area contributed by atoms with Crippen LogP contribution >= 0.6 is 0 Å². The largest absolute Gasteiger partial charge is 0.368 e. The van der Waals surface area contributed by atoms with Crippen molar-refractivity contribution in [2.75, 3.05) is 30.3 Å². The number of anilines is 2. The van der Waals surface area contributed by atoms with Gasteiger partial charge in [-0.3, -0.25) is 0 Å². The van der Waals surface area contributed by atoms with E-state index >= 15 is 0 Å². The first-order chi connectivity index (χ1) is 10.7. The maximum atomic E-state index is 6.09. The Labute approximate surface area is 132 Å². The van der Waals surface area contributed by atoms with E-state index in [-0.39, 0.29) is 0 Å². The van der Waals surface area contributed by atoms with Crippen LogP contribution in [0.3, 0.4) is 0 Å². The van der Waals surface area contributed by atoms with E-state index in [1.807, 2.05) is 0 Å². The van der Waals surface area contributed by atoms with Gasteiger partial charge in [-0.1, -0.05) is 12.8 Å². The van der Waals surface area contributed by atoms with E-state index in [1.54, 1.807) is 0 Å². The van der Waals surface area contributed by atoms with Crippen molar-refractivity contribution in [1.82, 2.24) is 9.97 Å². The zero-order valence-corrected chi connectivity index (χ0v) is 13.4. The lowest BCUT2D eigenvalue weighted by Crippen LogP contribution is -2.33. The van der Waals surface area contributed by atoms with Crippen LogP contribution in [0, 0.1) is 5.92 Å². The molecule has 1 saturated carbocycles. The molecule has 4 rings (SSSR count). The Morgan fingerprint density at radius 3 is 2.64 bits per heavy atom. The highest BCUT2D eigenvalue weighted by Gasteiger charge is 2.42. The maximum absolute atomic E-state index is 6.09. The average molecular weight is 301 g/mol. The molecule has 0 aromatic carbocycles. The third-order valence-electron chi connectivity index (χ3n) is 6.07. The van der Waals surface area contributed by atoms with Crippen molar-refractivity contribution >= 4 is 11.8 Å². The lowest BCUT2D eigenvalue weighted by atomic mass is 9.71. The monoisotopic (exact) mass is 301 g/mol. The number of hydrogen-bond acceptors (Lipinski definition) is 5. The topological polar surface area (TPSA) is 81.1 Å². The number of hydrogen-bond donors (Lipinski definition) is 2. The van der Waals surface area contributed by atoms with Gasteiger partial charge in [-0.2, -0.15) is 4.98 Å². The smallest absolute Gasteiger partial charge is 0.222 e. The molecule has 3 aliphatic rings. The van der Waals surface area contributed by atoms with Crippen molar-refractivity contribution in [3.8, 4) is 0 Å². The SMILES string of the molecule is NCC1CCN(c2nc(N)nc3c2CCCC32CCCC2)C1. The summed E-state index contributed by atoms with van der Waals surface area (Å²) in [7, 11) is 0. The molecule has 1 aliphatic heterocycles. The van der Waals surface area contributed by atoms with Crippen LogP contribution in [0.1, 0.15) is 56.2 Å². The third kappa shape index (κ3) is 2.18. The van der Waals surface area contributed by atoms with Crippen molar-refractivity contribution < 1.29 is 0 Å². The van der Waals surface area contributed by atoms with E-state index in [9.17, 15) is 0 Å². The molecule has 5 heteroatoms. The molecule has 22 heavy (non-hydrogen) atoms. The Morgan fingerprint density at radius 1 is 1.14 bits per heavy atom. The molecule has 0 amide bonds. The van der Waals surface area contributed by atoms with Crippen LogP contribution in [-0.2, 0) is 11.8 Å². The van der Waals surface area contributed by atoms with Gasteiger partial charge in [0.2, 0.25) is 5.95 Å². The molecule has 1 unspecified atom stereocenters. The second kappa shape index (κ2) is 5.37. The van der Waals surface area contributed by atoms with Gasteiger partial charge in [-0.05, 0) is 51.0 Å². The first-order valence-corrected chi connectivity index (χ1v) is 8.84. The normalized spacial score (nSPS) is 26.6. The minimum atomic E-state index is 0.298. The van der Waals surface area contributed by atoms with E-state index in [0.29, 0.717) is 17.3 Å². The Kier molecular flexibility index (Phi) is 3.48. The second-order valence-corrected chi connectivity index (χ2v) is 7.41. The predicted octanol–water partition coefficient (Wildman–Crippen LogP) is 1.99. The Balaban J connectivity index is 1.76. The van der Waals surface area contributed by atoms with E-state index in [2.05, 4.69) is 9.88 Å². The zero-order chi connectivity index (χ0) is 15.2. The van der Waals surface area contributed by atoms with Crippen molar-refractivity contribution in [2.45, 2.75) is 56.8 Å². The van der Waals surface area contributed by atoms with Gasteiger partial charge in [0.05, 0.1) is 5.69 Å². The second-order valence-electron chi connectivity index (χ2n) is 7.41. The highest BCUT2D eigenvalue weighted by molar-refractivity contribution is 5.55. The molecule has 1 atom stereocenters. The molecule has 1 aromatic rings. The number of rotatable bonds is 2. The molecule has 2 heterocycles. The molecule has 5 nitrogen and oxygen atoms in total. The number of nitrogens with two attached hydrogens (primary N) is 2. The Hall–Kier alpha value is -1.36. The molecule has 120 valence electrons. The van der Waals surface area contributed by atoms with Crippen LogP contribution in [0.5, 0.6) is 0 Å². The van der Waals surface area contributed by atoms with Crippen LogP contribution in [0.2, 0.25) is 0 Å². The molecular weight excluding hydrogens is 274 g/mol. The first kappa shape index (κ1) is 14.2. The van der Waals surface area contributed by atoms with Gasteiger partial charge in [-0.25, -0.2) is 4.98 Å². The van der Waals surface area contributed by atoms with E-state index in [1.165, 1.54) is 56.2 Å². The standard InChI is InChI=1S/C17H27N5/c18-10-12-5-9-22(11-12)15-13-4-3-8-17(6-1-2-7-17)14(13)20-16(19)21-15/h12H,1-11,18H2,(H2,19,20,21). The fourth-order valence-electron chi connectivity index (χ4n) is 4.90. The van der Waals surface area contributed by atoms with Gasteiger partial charge in [-0.15, -0.1) is 0 Å². The Morgan fingerprint density at radius 2 is 1.91 bits per heavy atom. The van der Waals surface area contributed by atoms with Crippen molar-refractivity contribution in [3.63, 3.8) is 0 Å². The molecule has 1 spiro atoms. The summed E-state index contributed by atoms with van der Waals surface area (Å²) in [4.78, 5) is 11.8. The molecule has 2 fully saturated rings. The van der Waals surface area contributed by atoms with Gasteiger partial charge >= 0.3 is 0 Å². The van der Waals surface area contributed by atoms with Crippen LogP contribution in [0.25, 0.3) is 0 Å². The minimum Gasteiger partial charge on any atom is -0.368 e. The lowest BCUT2D eigenvalue weighted by molar-refractivity contribution is 0.357. The van der Waals surface area contributed by atoms with E-state index in [4.69, 9.17) is 16.5 Å². The van der Waals surface area contributed by atoms with E-state index < -0.39 is 0 Å². The van der Waals surface area contributed by atoms with Gasteiger partial charge < -0.3 is 16.4 Å². The molecule has 1 aromatic heterocycles. The van der Waals surface area contributed by atoms with Crippen LogP contribution < -0.4 is 16.4 Å². The molecule has 0 radical (unpaired) electrons. The fourth-order valence-corrected chi connectivity index (χ4v) is 4.90. The number of aromatic nitrogens is 2. The summed E-state index contributed by atoms with van der Waals surface area (Å²) in [6, 6.07) is 0. The van der Waals surface area contributed by atoms with E-state index in [0.717, 1.165) is 31.9 Å². The van der Waals surface area contributed by atoms with Gasteiger partial charge in [0, 0.05) is 24.1 Å². The Bertz CT molecular complexity index is 564. The average Bonchev–Trinajstić information content (AvgIpc) is 3.17. The number of nitrogen functional groups attached to an aromatic ring is 1. The number of nitrogens with zero attached hydrogens (tertiary/aromatic N) is 3. The van der Waals surface area contributed by atoms with Crippen molar-refractivity contribution in [2.24, 2.45) is 11.7 Å². The summed E-state index contributed by atoms with van der Waals surface area (Å²) in [5.41, 5.74) is 14.9. The molecule has 0 bridgehead atoms. The molecule has 4 N–H and O–H groups in total. The van der Waals surface area contributed by atoms with Crippen LogP contribution in [0.15, 0.2) is 0 Å². The fraction of sp³-hybridized carbons (Fsp3) is 0.765. The molecule has 1 saturated heterocycles. The van der Waals surface area contributed by atoms with Gasteiger partial charge in [0.1, 0.15) is 5.82 Å². The maximum Gasteiger partial charge on any atom is 0.222 e. The lowest BCUT2D eigenvalue weighted by Gasteiger charge is -2.36. The predicted molar refractivity (Wildman–Crippen MR) is 88.9 cm³/mol. The molecule has 2 aliphatic carbocycles. The zero-order valence-electron chi connectivity index (χ0n) is 13.4. The minimum absolute atomic E-state index is 0.298. The summed E-state index contributed by atoms with van der Waals surface area (Å²) in [5, 5.41) is 0. The van der Waals surface area contributed by atoms with Crippen molar-refractivity contribution in [3.05, 3.63) is 11.3 Å². The quantitative estimate of drug-likeness (QED) is 0.873. The van der Waals surface area contributed by atoms with Crippen molar-refractivity contribution in [1.29, 1.82) is 0 Å². The third-order valence-corrected chi connectivity index (χ3v) is 6.07. The summed E-state index contributed by atoms with van der Waals surface area (Å²) in [5.74, 6) is 2.17.